The summed E-state index contributed by atoms with van der Waals surface area (Å²) in [5.41, 5.74) is 0.275. The molecule has 0 saturated heterocycles. The normalized spacial score (nSPS) is 12.5. The second kappa shape index (κ2) is 8.76. The first-order chi connectivity index (χ1) is 15.4. The molecular weight excluding hydrogens is 414 g/mol. The number of rotatable bonds is 6. The minimum absolute atomic E-state index is 0.0315. The summed E-state index contributed by atoms with van der Waals surface area (Å²) in [6.07, 6.45) is 2.77. The van der Waals surface area contributed by atoms with Crippen molar-refractivity contribution in [3.8, 4) is 11.5 Å². The van der Waals surface area contributed by atoms with Gasteiger partial charge in [0.15, 0.2) is 11.5 Å². The Labute approximate surface area is 182 Å². The van der Waals surface area contributed by atoms with Gasteiger partial charge in [0.1, 0.15) is 5.70 Å². The molecule has 0 radical (unpaired) electrons. The zero-order valence-corrected chi connectivity index (χ0v) is 17.1. The molecule has 0 aliphatic carbocycles. The van der Waals surface area contributed by atoms with Crippen LogP contribution in [0.15, 0.2) is 71.7 Å². The van der Waals surface area contributed by atoms with Crippen molar-refractivity contribution in [3.05, 3.63) is 98.5 Å². The number of amides is 1. The third-order valence-corrected chi connectivity index (χ3v) is 4.92. The van der Waals surface area contributed by atoms with Crippen LogP contribution in [0.4, 0.5) is 5.69 Å². The number of likely N-dealkylation sites (N-methyl/N-ethyl adjacent to an activating group) is 1. The molecule has 2 heterocycles. The van der Waals surface area contributed by atoms with Crippen molar-refractivity contribution in [2.75, 3.05) is 13.8 Å². The van der Waals surface area contributed by atoms with Gasteiger partial charge < -0.3 is 14.4 Å². The van der Waals surface area contributed by atoms with E-state index in [1.807, 2.05) is 30.3 Å². The first kappa shape index (κ1) is 20.9. The van der Waals surface area contributed by atoms with Crippen molar-refractivity contribution < 1.29 is 19.2 Å². The quantitative estimate of drug-likeness (QED) is 0.336. The van der Waals surface area contributed by atoms with Crippen molar-refractivity contribution in [1.82, 2.24) is 9.47 Å². The first-order valence-electron chi connectivity index (χ1n) is 9.71. The van der Waals surface area contributed by atoms with Crippen LogP contribution >= 0.6 is 0 Å². The van der Waals surface area contributed by atoms with E-state index < -0.39 is 16.4 Å². The van der Waals surface area contributed by atoms with Gasteiger partial charge in [-0.3, -0.25) is 24.3 Å². The summed E-state index contributed by atoms with van der Waals surface area (Å²) >= 11 is 0. The fourth-order valence-electron chi connectivity index (χ4n) is 3.35. The molecule has 32 heavy (non-hydrogen) atoms. The van der Waals surface area contributed by atoms with Crippen LogP contribution in [0.5, 0.6) is 11.5 Å². The molecule has 0 saturated carbocycles. The molecule has 0 bridgehead atoms. The van der Waals surface area contributed by atoms with E-state index in [-0.39, 0.29) is 29.5 Å². The van der Waals surface area contributed by atoms with Crippen LogP contribution in [0.1, 0.15) is 11.1 Å². The van der Waals surface area contributed by atoms with E-state index in [1.165, 1.54) is 35.4 Å². The maximum Gasteiger partial charge on any atom is 0.280 e. The van der Waals surface area contributed by atoms with E-state index in [2.05, 4.69) is 0 Å². The Kier molecular flexibility index (Phi) is 5.71. The summed E-state index contributed by atoms with van der Waals surface area (Å²) in [4.78, 5) is 38.4. The Bertz CT molecular complexity index is 1270. The van der Waals surface area contributed by atoms with Crippen LogP contribution < -0.4 is 15.0 Å². The van der Waals surface area contributed by atoms with Crippen molar-refractivity contribution in [1.29, 1.82) is 0 Å². The number of hydrogen-bond donors (Lipinski definition) is 0. The third-order valence-electron chi connectivity index (χ3n) is 4.92. The van der Waals surface area contributed by atoms with Crippen LogP contribution in [0.25, 0.3) is 11.8 Å². The Morgan fingerprint density at radius 2 is 1.81 bits per heavy atom. The van der Waals surface area contributed by atoms with E-state index in [0.717, 1.165) is 10.1 Å². The number of benzene rings is 2. The van der Waals surface area contributed by atoms with E-state index in [4.69, 9.17) is 9.47 Å². The number of pyridine rings is 1. The molecule has 0 atom stereocenters. The molecule has 0 fully saturated rings. The monoisotopic (exact) mass is 433 g/mol. The van der Waals surface area contributed by atoms with Crippen molar-refractivity contribution >= 4 is 23.4 Å². The van der Waals surface area contributed by atoms with Gasteiger partial charge in [0.25, 0.3) is 17.2 Å². The van der Waals surface area contributed by atoms with Crippen LogP contribution in [-0.2, 0) is 11.3 Å². The van der Waals surface area contributed by atoms with Gasteiger partial charge in [0.05, 0.1) is 16.6 Å². The van der Waals surface area contributed by atoms with Crippen LogP contribution in [-0.4, -0.2) is 34.1 Å². The molecule has 1 aliphatic heterocycles. The van der Waals surface area contributed by atoms with Crippen LogP contribution in [0.2, 0.25) is 0 Å². The molecule has 1 aromatic heterocycles. The number of nitrogens with zero attached hydrogens (tertiary/aromatic N) is 3. The molecule has 1 amide bonds. The zero-order valence-electron chi connectivity index (χ0n) is 17.1. The van der Waals surface area contributed by atoms with Crippen LogP contribution in [0.3, 0.4) is 0 Å². The van der Waals surface area contributed by atoms with Gasteiger partial charge >= 0.3 is 0 Å². The van der Waals surface area contributed by atoms with Crippen molar-refractivity contribution in [2.45, 2.75) is 6.54 Å². The Balaban J connectivity index is 1.81. The summed E-state index contributed by atoms with van der Waals surface area (Å²) < 4.78 is 11.7. The fourth-order valence-corrected chi connectivity index (χ4v) is 3.35. The average molecular weight is 433 g/mol. The largest absolute Gasteiger partial charge is 0.454 e. The fraction of sp³-hybridized carbons (Fsp3) is 0.130. The van der Waals surface area contributed by atoms with Crippen molar-refractivity contribution in [2.24, 2.45) is 0 Å². The predicted molar refractivity (Wildman–Crippen MR) is 117 cm³/mol. The lowest BCUT2D eigenvalue weighted by Gasteiger charge is -2.20. The minimum atomic E-state index is -0.572. The maximum atomic E-state index is 13.4. The Hall–Kier alpha value is -4.40. The lowest BCUT2D eigenvalue weighted by molar-refractivity contribution is -0.385. The second-order valence-electron chi connectivity index (χ2n) is 7.11. The average Bonchev–Trinajstić information content (AvgIpc) is 3.25. The van der Waals surface area contributed by atoms with Gasteiger partial charge in [-0.25, -0.2) is 0 Å². The minimum Gasteiger partial charge on any atom is -0.454 e. The maximum absolute atomic E-state index is 13.4. The summed E-state index contributed by atoms with van der Waals surface area (Å²) in [6, 6.07) is 16.5. The van der Waals surface area contributed by atoms with E-state index >= 15 is 0 Å². The SMILES string of the molecule is CN(Cc1ccccc1)C(=O)C(=Cc1cc2c(cc1[N+](=O)[O-])OCO2)n1ccccc1=O. The Morgan fingerprint density at radius 1 is 1.12 bits per heavy atom. The number of nitro groups is 1. The molecule has 0 unspecified atom stereocenters. The van der Waals surface area contributed by atoms with Gasteiger partial charge in [0, 0.05) is 25.9 Å². The highest BCUT2D eigenvalue weighted by Gasteiger charge is 2.25. The smallest absolute Gasteiger partial charge is 0.280 e. The number of carbonyl (C=O) groups is 1. The molecule has 1 aliphatic rings. The number of hydrogen-bond acceptors (Lipinski definition) is 6. The lowest BCUT2D eigenvalue weighted by atomic mass is 10.1. The number of ether oxygens (including phenoxy) is 2. The topological polar surface area (TPSA) is 104 Å². The standard InChI is InChI=1S/C23H19N3O6/c1-24(14-16-7-3-2-4-8-16)23(28)19(25-10-6-5-9-22(25)27)11-17-12-20-21(32-15-31-20)13-18(17)26(29)30/h2-13H,14-15H2,1H3. The first-order valence-corrected chi connectivity index (χ1v) is 9.71. The van der Waals surface area contributed by atoms with Gasteiger partial charge in [-0.2, -0.15) is 0 Å². The number of fused-ring (bicyclic) bond motifs is 1. The third kappa shape index (κ3) is 4.22. The van der Waals surface area contributed by atoms with Crippen LogP contribution in [0, 0.1) is 10.1 Å². The second-order valence-corrected chi connectivity index (χ2v) is 7.11. The summed E-state index contributed by atoms with van der Waals surface area (Å²) in [5.74, 6) is 0.0978. The Morgan fingerprint density at radius 3 is 2.50 bits per heavy atom. The van der Waals surface area contributed by atoms with Gasteiger partial charge in [-0.1, -0.05) is 36.4 Å². The summed E-state index contributed by atoms with van der Waals surface area (Å²) in [6.45, 7) is 0.241. The predicted octanol–water partition coefficient (Wildman–Crippen LogP) is 3.14. The summed E-state index contributed by atoms with van der Waals surface area (Å²) in [7, 11) is 1.60. The van der Waals surface area contributed by atoms with E-state index in [9.17, 15) is 19.7 Å². The number of aromatic nitrogens is 1. The number of nitro benzene ring substituents is 1. The highest BCUT2D eigenvalue weighted by molar-refractivity contribution is 6.18. The molecule has 3 aromatic rings. The molecule has 9 nitrogen and oxygen atoms in total. The van der Waals surface area contributed by atoms with Gasteiger partial charge in [0.2, 0.25) is 6.79 Å². The molecule has 162 valence electrons. The van der Waals surface area contributed by atoms with Crippen molar-refractivity contribution in [3.63, 3.8) is 0 Å². The molecule has 0 spiro atoms. The lowest BCUT2D eigenvalue weighted by Crippen LogP contribution is -2.32. The van der Waals surface area contributed by atoms with Gasteiger partial charge in [-0.05, 0) is 23.8 Å². The zero-order chi connectivity index (χ0) is 22.7. The highest BCUT2D eigenvalue weighted by atomic mass is 16.7. The number of carbonyl (C=O) groups excluding carboxylic acids is 1. The highest BCUT2D eigenvalue weighted by Crippen LogP contribution is 2.39. The molecule has 0 N–H and O–H groups in total. The molecular formula is C23H19N3O6. The molecule has 9 heteroatoms. The summed E-state index contributed by atoms with van der Waals surface area (Å²) in [5, 5.41) is 11.7. The molecule has 4 rings (SSSR count). The van der Waals surface area contributed by atoms with E-state index in [0.29, 0.717) is 12.3 Å². The molecule has 2 aromatic carbocycles. The van der Waals surface area contributed by atoms with Gasteiger partial charge in [-0.15, -0.1) is 0 Å². The van der Waals surface area contributed by atoms with E-state index in [1.54, 1.807) is 19.2 Å².